The minimum atomic E-state index is -4.42. The van der Waals surface area contributed by atoms with E-state index in [-0.39, 0.29) is 19.6 Å². The number of nitriles is 1. The number of rotatable bonds is 7. The van der Waals surface area contributed by atoms with Crippen LogP contribution in [0.3, 0.4) is 0 Å². The van der Waals surface area contributed by atoms with Crippen LogP contribution < -0.4 is 5.32 Å². The van der Waals surface area contributed by atoms with E-state index in [2.05, 4.69) is 11.4 Å². The molecule has 1 aromatic rings. The van der Waals surface area contributed by atoms with Crippen molar-refractivity contribution in [2.75, 3.05) is 31.6 Å². The van der Waals surface area contributed by atoms with Crippen LogP contribution in [0.5, 0.6) is 0 Å². The quantitative estimate of drug-likeness (QED) is 0.703. The van der Waals surface area contributed by atoms with Gasteiger partial charge in [0.2, 0.25) is 5.91 Å². The van der Waals surface area contributed by atoms with Gasteiger partial charge in [-0.2, -0.15) is 18.4 Å². The minimum absolute atomic E-state index is 0.0323. The van der Waals surface area contributed by atoms with Gasteiger partial charge in [-0.05, 0) is 37.7 Å². The summed E-state index contributed by atoms with van der Waals surface area (Å²) >= 11 is 1.35. The number of carbonyl (C=O) groups excluding carboxylic acids is 1. The molecular weight excluding hydrogens is 367 g/mol. The van der Waals surface area contributed by atoms with E-state index in [9.17, 15) is 23.2 Å². The van der Waals surface area contributed by atoms with Crippen molar-refractivity contribution < 1.29 is 23.1 Å². The number of hydrogen-bond acceptors (Lipinski definition) is 5. The molecule has 9 heteroatoms. The maximum atomic E-state index is 12.6. The fraction of sp³-hybridized carbons (Fsp3) is 0.647. The Hall–Kier alpha value is -1.63. The van der Waals surface area contributed by atoms with Crippen molar-refractivity contribution >= 4 is 22.2 Å². The molecular formula is C17H22F3N3O2S. The van der Waals surface area contributed by atoms with Crippen molar-refractivity contribution in [3.8, 4) is 6.07 Å². The highest BCUT2D eigenvalue weighted by Gasteiger charge is 2.31. The summed E-state index contributed by atoms with van der Waals surface area (Å²) in [5, 5.41) is 21.3. The molecule has 0 saturated carbocycles. The van der Waals surface area contributed by atoms with Crippen LogP contribution in [0.2, 0.25) is 0 Å². The Morgan fingerprint density at radius 2 is 2.04 bits per heavy atom. The summed E-state index contributed by atoms with van der Waals surface area (Å²) < 4.78 is 37.9. The number of fused-ring (bicyclic) bond motifs is 1. The normalized spacial score (nSPS) is 14.6. The Kier molecular flexibility index (Phi) is 7.43. The third-order valence-corrected chi connectivity index (χ3v) is 5.40. The molecule has 5 nitrogen and oxygen atoms in total. The van der Waals surface area contributed by atoms with Gasteiger partial charge >= 0.3 is 6.18 Å². The first-order chi connectivity index (χ1) is 12.3. The lowest BCUT2D eigenvalue weighted by molar-refractivity contribution is -0.148. The highest BCUT2D eigenvalue weighted by atomic mass is 32.1. The second kappa shape index (κ2) is 9.35. The van der Waals surface area contributed by atoms with Gasteiger partial charge in [0.05, 0.1) is 18.7 Å². The highest BCUT2D eigenvalue weighted by Crippen LogP contribution is 2.36. The Morgan fingerprint density at radius 1 is 1.31 bits per heavy atom. The average molecular weight is 389 g/mol. The standard InChI is InChI=1S/C17H22F3N3O2S/c18-17(19,20)11-23(7-4-8-24)10-15(25)22-16-13(9-21)12-5-2-1-3-6-14(12)26-16/h24H,1-8,10-11H2,(H,22,25). The highest BCUT2D eigenvalue weighted by molar-refractivity contribution is 7.16. The zero-order chi connectivity index (χ0) is 19.2. The summed E-state index contributed by atoms with van der Waals surface area (Å²) in [5.74, 6) is -0.583. The van der Waals surface area contributed by atoms with Gasteiger partial charge in [0.1, 0.15) is 11.1 Å². The van der Waals surface area contributed by atoms with Crippen LogP contribution in [0.1, 0.15) is 41.7 Å². The molecule has 0 spiro atoms. The fourth-order valence-electron chi connectivity index (χ4n) is 3.08. The van der Waals surface area contributed by atoms with Gasteiger partial charge in [-0.15, -0.1) is 11.3 Å². The van der Waals surface area contributed by atoms with Gasteiger partial charge in [0, 0.05) is 18.0 Å². The molecule has 144 valence electrons. The third-order valence-electron chi connectivity index (χ3n) is 4.19. The van der Waals surface area contributed by atoms with Gasteiger partial charge in [-0.3, -0.25) is 9.69 Å². The summed E-state index contributed by atoms with van der Waals surface area (Å²) in [7, 11) is 0. The summed E-state index contributed by atoms with van der Waals surface area (Å²) in [4.78, 5) is 14.3. The molecule has 0 saturated heterocycles. The van der Waals surface area contributed by atoms with E-state index < -0.39 is 25.2 Å². The number of hydrogen-bond donors (Lipinski definition) is 2. The molecule has 0 atom stereocenters. The topological polar surface area (TPSA) is 76.4 Å². The largest absolute Gasteiger partial charge is 0.401 e. The second-order valence-electron chi connectivity index (χ2n) is 6.33. The van der Waals surface area contributed by atoms with Crippen LogP contribution in [0.15, 0.2) is 0 Å². The van der Waals surface area contributed by atoms with Crippen molar-refractivity contribution in [1.29, 1.82) is 5.26 Å². The van der Waals surface area contributed by atoms with Crippen LogP contribution in [-0.2, 0) is 17.6 Å². The third kappa shape index (κ3) is 5.97. The predicted molar refractivity (Wildman–Crippen MR) is 93.1 cm³/mol. The van der Waals surface area contributed by atoms with E-state index in [1.54, 1.807) is 0 Å². The number of carbonyl (C=O) groups is 1. The van der Waals surface area contributed by atoms with E-state index in [1.807, 2.05) is 0 Å². The van der Waals surface area contributed by atoms with Crippen molar-refractivity contribution in [3.63, 3.8) is 0 Å². The summed E-state index contributed by atoms with van der Waals surface area (Å²) in [6, 6.07) is 2.13. The van der Waals surface area contributed by atoms with Crippen LogP contribution >= 0.6 is 11.3 Å². The first kappa shape index (κ1) is 20.7. The van der Waals surface area contributed by atoms with Crippen LogP contribution in [0.4, 0.5) is 18.2 Å². The number of amides is 1. The van der Waals surface area contributed by atoms with E-state index in [4.69, 9.17) is 5.11 Å². The van der Waals surface area contributed by atoms with Crippen LogP contribution in [0, 0.1) is 11.3 Å². The van der Waals surface area contributed by atoms with Crippen molar-refractivity contribution in [1.82, 2.24) is 4.90 Å². The average Bonchev–Trinajstić information content (AvgIpc) is 2.71. The monoisotopic (exact) mass is 389 g/mol. The molecule has 0 unspecified atom stereocenters. The van der Waals surface area contributed by atoms with Gasteiger partial charge in [-0.25, -0.2) is 0 Å². The number of alkyl halides is 3. The zero-order valence-electron chi connectivity index (χ0n) is 14.4. The van der Waals surface area contributed by atoms with Crippen LogP contribution in [0.25, 0.3) is 0 Å². The molecule has 1 heterocycles. The first-order valence-electron chi connectivity index (χ1n) is 8.58. The molecule has 1 amide bonds. The molecule has 0 fully saturated rings. The van der Waals surface area contributed by atoms with Gasteiger partial charge in [0.15, 0.2) is 0 Å². The summed E-state index contributed by atoms with van der Waals surface area (Å²) in [6.45, 7) is -1.93. The van der Waals surface area contributed by atoms with Gasteiger partial charge < -0.3 is 10.4 Å². The number of thiophene rings is 1. The van der Waals surface area contributed by atoms with Crippen LogP contribution in [-0.4, -0.2) is 48.3 Å². The number of aliphatic hydroxyl groups is 1. The predicted octanol–water partition coefficient (Wildman–Crippen LogP) is 3.07. The molecule has 0 bridgehead atoms. The van der Waals surface area contributed by atoms with Crippen molar-refractivity contribution in [3.05, 3.63) is 16.0 Å². The maximum absolute atomic E-state index is 12.6. The van der Waals surface area contributed by atoms with E-state index in [1.165, 1.54) is 11.3 Å². The number of aliphatic hydroxyl groups excluding tert-OH is 1. The molecule has 0 radical (unpaired) electrons. The Bertz CT molecular complexity index is 667. The van der Waals surface area contributed by atoms with Gasteiger partial charge in [-0.1, -0.05) is 6.42 Å². The molecule has 0 aliphatic heterocycles. The lowest BCUT2D eigenvalue weighted by atomic mass is 10.1. The van der Waals surface area contributed by atoms with E-state index >= 15 is 0 Å². The number of nitrogens with one attached hydrogen (secondary N) is 1. The number of halogens is 3. The minimum Gasteiger partial charge on any atom is -0.396 e. The first-order valence-corrected chi connectivity index (χ1v) is 9.40. The second-order valence-corrected chi connectivity index (χ2v) is 7.44. The Balaban J connectivity index is 2.07. The molecule has 26 heavy (non-hydrogen) atoms. The molecule has 0 aromatic carbocycles. The van der Waals surface area contributed by atoms with Gasteiger partial charge in [0.25, 0.3) is 0 Å². The van der Waals surface area contributed by atoms with E-state index in [0.717, 1.165) is 47.4 Å². The molecule has 1 aliphatic carbocycles. The number of aryl methyl sites for hydroxylation is 1. The maximum Gasteiger partial charge on any atom is 0.401 e. The molecule has 1 aromatic heterocycles. The molecule has 1 aliphatic rings. The van der Waals surface area contributed by atoms with Crippen molar-refractivity contribution in [2.45, 2.75) is 44.7 Å². The summed E-state index contributed by atoms with van der Waals surface area (Å²) in [5.41, 5.74) is 1.41. The summed E-state index contributed by atoms with van der Waals surface area (Å²) in [6.07, 6.45) is 0.514. The lowest BCUT2D eigenvalue weighted by Gasteiger charge is -2.22. The smallest absolute Gasteiger partial charge is 0.396 e. The Labute approximate surface area is 154 Å². The number of anilines is 1. The van der Waals surface area contributed by atoms with E-state index in [0.29, 0.717) is 10.6 Å². The molecule has 2 rings (SSSR count). The zero-order valence-corrected chi connectivity index (χ0v) is 15.2. The fourth-order valence-corrected chi connectivity index (χ4v) is 4.34. The lowest BCUT2D eigenvalue weighted by Crippen LogP contribution is -2.40. The van der Waals surface area contributed by atoms with Crippen molar-refractivity contribution in [2.24, 2.45) is 0 Å². The molecule has 2 N–H and O–H groups in total. The SMILES string of the molecule is N#Cc1c(NC(=O)CN(CCCO)CC(F)(F)F)sc2c1CCCCC2. The number of nitrogens with zero attached hydrogens (tertiary/aromatic N) is 2. The Morgan fingerprint density at radius 3 is 2.69 bits per heavy atom.